The second-order valence-electron chi connectivity index (χ2n) is 4.61. The summed E-state index contributed by atoms with van der Waals surface area (Å²) in [5, 5.41) is 11.2. The molecule has 0 saturated heterocycles. The summed E-state index contributed by atoms with van der Waals surface area (Å²) < 4.78 is 0. The number of non-ortho nitro benzene ring substituents is 1. The van der Waals surface area contributed by atoms with Crippen LogP contribution < -0.4 is 5.43 Å². The van der Waals surface area contributed by atoms with E-state index in [0.29, 0.717) is 10.9 Å². The Kier molecular flexibility index (Phi) is 2.40. The Morgan fingerprint density at radius 3 is 2.78 bits per heavy atom. The minimum atomic E-state index is -0.474. The molecular formula is C13H12N2O3. The molecule has 18 heavy (non-hydrogen) atoms. The highest BCUT2D eigenvalue weighted by molar-refractivity contribution is 5.81. The highest BCUT2D eigenvalue weighted by Crippen LogP contribution is 2.22. The van der Waals surface area contributed by atoms with Crippen molar-refractivity contribution < 1.29 is 4.92 Å². The van der Waals surface area contributed by atoms with Gasteiger partial charge in [-0.05, 0) is 31.7 Å². The minimum Gasteiger partial charge on any atom is -0.358 e. The van der Waals surface area contributed by atoms with Crippen molar-refractivity contribution in [2.45, 2.75) is 25.7 Å². The zero-order valence-corrected chi connectivity index (χ0v) is 9.73. The Hall–Kier alpha value is -2.17. The molecule has 1 N–H and O–H groups in total. The highest BCUT2D eigenvalue weighted by Gasteiger charge is 2.17. The number of pyridine rings is 1. The van der Waals surface area contributed by atoms with E-state index in [4.69, 9.17) is 0 Å². The Labute approximate surface area is 103 Å². The maximum absolute atomic E-state index is 12.3. The van der Waals surface area contributed by atoms with Crippen LogP contribution in [0, 0.1) is 10.1 Å². The molecule has 3 rings (SSSR count). The lowest BCUT2D eigenvalue weighted by Crippen LogP contribution is -2.18. The monoisotopic (exact) mass is 244 g/mol. The van der Waals surface area contributed by atoms with Crippen LogP contribution in [0.1, 0.15) is 24.1 Å². The molecule has 0 spiro atoms. The summed E-state index contributed by atoms with van der Waals surface area (Å²) in [4.78, 5) is 25.8. The molecule has 0 saturated carbocycles. The SMILES string of the molecule is O=c1c2c([nH]c3ccc([N+](=O)[O-])cc13)CCCC2. The van der Waals surface area contributed by atoms with Crippen LogP contribution in [-0.4, -0.2) is 9.91 Å². The zero-order valence-electron chi connectivity index (χ0n) is 9.73. The van der Waals surface area contributed by atoms with E-state index < -0.39 is 4.92 Å². The molecule has 5 nitrogen and oxygen atoms in total. The van der Waals surface area contributed by atoms with Gasteiger partial charge in [-0.2, -0.15) is 0 Å². The lowest BCUT2D eigenvalue weighted by molar-refractivity contribution is -0.384. The maximum Gasteiger partial charge on any atom is 0.270 e. The fourth-order valence-corrected chi connectivity index (χ4v) is 2.56. The number of aromatic nitrogens is 1. The van der Waals surface area contributed by atoms with Crippen molar-refractivity contribution in [2.24, 2.45) is 0 Å². The molecule has 0 bridgehead atoms. The number of hydrogen-bond acceptors (Lipinski definition) is 3. The molecule has 0 amide bonds. The van der Waals surface area contributed by atoms with Crippen molar-refractivity contribution >= 4 is 16.6 Å². The van der Waals surface area contributed by atoms with Crippen LogP contribution in [-0.2, 0) is 12.8 Å². The third-order valence-corrected chi connectivity index (χ3v) is 3.49. The van der Waals surface area contributed by atoms with Crippen molar-refractivity contribution in [1.82, 2.24) is 4.98 Å². The van der Waals surface area contributed by atoms with E-state index in [1.54, 1.807) is 6.07 Å². The summed E-state index contributed by atoms with van der Waals surface area (Å²) in [5.41, 5.74) is 2.39. The Morgan fingerprint density at radius 1 is 1.22 bits per heavy atom. The zero-order chi connectivity index (χ0) is 12.7. The summed E-state index contributed by atoms with van der Waals surface area (Å²) in [5.74, 6) is 0. The first-order valence-corrected chi connectivity index (χ1v) is 5.99. The normalized spacial score (nSPS) is 14.4. The van der Waals surface area contributed by atoms with Gasteiger partial charge in [0.2, 0.25) is 0 Å². The third-order valence-electron chi connectivity index (χ3n) is 3.49. The molecule has 0 unspecified atom stereocenters. The first kappa shape index (κ1) is 11.0. The Balaban J connectivity index is 2.33. The van der Waals surface area contributed by atoms with Gasteiger partial charge in [-0.25, -0.2) is 0 Å². The topological polar surface area (TPSA) is 76.0 Å². The third kappa shape index (κ3) is 1.59. The molecule has 1 aliphatic carbocycles. The van der Waals surface area contributed by atoms with E-state index >= 15 is 0 Å². The Morgan fingerprint density at radius 2 is 2.00 bits per heavy atom. The van der Waals surface area contributed by atoms with Gasteiger partial charge >= 0.3 is 0 Å². The van der Waals surface area contributed by atoms with E-state index in [2.05, 4.69) is 4.98 Å². The van der Waals surface area contributed by atoms with Crippen molar-refractivity contribution in [2.75, 3.05) is 0 Å². The van der Waals surface area contributed by atoms with Crippen molar-refractivity contribution in [3.8, 4) is 0 Å². The smallest absolute Gasteiger partial charge is 0.270 e. The van der Waals surface area contributed by atoms with Crippen molar-refractivity contribution in [1.29, 1.82) is 0 Å². The quantitative estimate of drug-likeness (QED) is 0.617. The number of nitro groups is 1. The number of nitrogens with zero attached hydrogens (tertiary/aromatic N) is 1. The second-order valence-corrected chi connectivity index (χ2v) is 4.61. The van der Waals surface area contributed by atoms with Gasteiger partial charge in [-0.3, -0.25) is 14.9 Å². The lowest BCUT2D eigenvalue weighted by Gasteiger charge is -2.15. The summed E-state index contributed by atoms with van der Waals surface area (Å²) in [7, 11) is 0. The van der Waals surface area contributed by atoms with E-state index in [1.807, 2.05) is 0 Å². The van der Waals surface area contributed by atoms with Gasteiger partial charge in [-0.15, -0.1) is 0 Å². The molecule has 0 aliphatic heterocycles. The molecule has 5 heteroatoms. The molecule has 1 aromatic carbocycles. The van der Waals surface area contributed by atoms with Gasteiger partial charge < -0.3 is 4.98 Å². The lowest BCUT2D eigenvalue weighted by atomic mass is 9.94. The van der Waals surface area contributed by atoms with Crippen LogP contribution in [0.2, 0.25) is 0 Å². The van der Waals surface area contributed by atoms with Gasteiger partial charge in [-0.1, -0.05) is 0 Å². The largest absolute Gasteiger partial charge is 0.358 e. The number of benzene rings is 1. The fourth-order valence-electron chi connectivity index (χ4n) is 2.56. The number of aromatic amines is 1. The first-order chi connectivity index (χ1) is 8.66. The van der Waals surface area contributed by atoms with Crippen LogP contribution in [0.15, 0.2) is 23.0 Å². The number of fused-ring (bicyclic) bond motifs is 2. The summed E-state index contributed by atoms with van der Waals surface area (Å²) in [6, 6.07) is 4.40. The standard InChI is InChI=1S/C13H12N2O3/c16-13-9-3-1-2-4-11(9)14-12-6-5-8(15(17)18)7-10(12)13/h5-7H,1-4H2,(H,14,16). The Bertz CT molecular complexity index is 703. The maximum atomic E-state index is 12.3. The molecule has 1 heterocycles. The summed E-state index contributed by atoms with van der Waals surface area (Å²) in [6.45, 7) is 0. The molecule has 1 aliphatic rings. The average Bonchev–Trinajstić information content (AvgIpc) is 2.38. The number of H-pyrrole nitrogens is 1. The van der Waals surface area contributed by atoms with Gasteiger partial charge in [0, 0.05) is 28.9 Å². The van der Waals surface area contributed by atoms with Gasteiger partial charge in [0.1, 0.15) is 0 Å². The van der Waals surface area contributed by atoms with Crippen LogP contribution in [0.25, 0.3) is 10.9 Å². The van der Waals surface area contributed by atoms with Crippen LogP contribution in [0.4, 0.5) is 5.69 Å². The van der Waals surface area contributed by atoms with E-state index in [-0.39, 0.29) is 11.1 Å². The van der Waals surface area contributed by atoms with Crippen LogP contribution in [0.5, 0.6) is 0 Å². The van der Waals surface area contributed by atoms with Crippen LogP contribution in [0.3, 0.4) is 0 Å². The molecule has 0 atom stereocenters. The van der Waals surface area contributed by atoms with Gasteiger partial charge in [0.15, 0.2) is 5.43 Å². The van der Waals surface area contributed by atoms with Crippen molar-refractivity contribution in [3.05, 3.63) is 49.8 Å². The van der Waals surface area contributed by atoms with Crippen LogP contribution >= 0.6 is 0 Å². The number of nitro benzene ring substituents is 1. The number of rotatable bonds is 1. The molecular weight excluding hydrogens is 232 g/mol. The highest BCUT2D eigenvalue weighted by atomic mass is 16.6. The molecule has 0 fully saturated rings. The molecule has 1 aromatic heterocycles. The van der Waals surface area contributed by atoms with Gasteiger partial charge in [0.05, 0.1) is 10.3 Å². The minimum absolute atomic E-state index is 0.0382. The average molecular weight is 244 g/mol. The molecule has 0 radical (unpaired) electrons. The predicted octanol–water partition coefficient (Wildman–Crippen LogP) is 2.32. The number of nitrogens with one attached hydrogen (secondary N) is 1. The summed E-state index contributed by atoms with van der Waals surface area (Å²) >= 11 is 0. The van der Waals surface area contributed by atoms with E-state index in [1.165, 1.54) is 12.1 Å². The first-order valence-electron chi connectivity index (χ1n) is 5.99. The summed E-state index contributed by atoms with van der Waals surface area (Å²) in [6.07, 6.45) is 3.75. The number of hydrogen-bond donors (Lipinski definition) is 1. The fraction of sp³-hybridized carbons (Fsp3) is 0.308. The second kappa shape index (κ2) is 3.94. The molecule has 2 aromatic rings. The predicted molar refractivity (Wildman–Crippen MR) is 67.9 cm³/mol. The van der Waals surface area contributed by atoms with E-state index in [0.717, 1.165) is 36.9 Å². The number of aryl methyl sites for hydroxylation is 1. The molecule has 92 valence electrons. The van der Waals surface area contributed by atoms with E-state index in [9.17, 15) is 14.9 Å². The van der Waals surface area contributed by atoms with Gasteiger partial charge in [0.25, 0.3) is 5.69 Å². The van der Waals surface area contributed by atoms with Crippen molar-refractivity contribution in [3.63, 3.8) is 0 Å².